The Hall–Kier alpha value is -1.06. The van der Waals surface area contributed by atoms with Gasteiger partial charge in [0, 0.05) is 12.1 Å². The molecule has 14 heavy (non-hydrogen) atoms. The molecule has 0 fully saturated rings. The fourth-order valence-corrected chi connectivity index (χ4v) is 1.40. The maximum absolute atomic E-state index is 12.4. The Kier molecular flexibility index (Phi) is 3.49. The molecule has 0 unspecified atom stereocenters. The Morgan fingerprint density at radius 2 is 2.29 bits per heavy atom. The van der Waals surface area contributed by atoms with Crippen LogP contribution in [0.5, 0.6) is 0 Å². The van der Waals surface area contributed by atoms with Gasteiger partial charge in [0.2, 0.25) is 0 Å². The zero-order valence-electron chi connectivity index (χ0n) is 6.97. The van der Waals surface area contributed by atoms with E-state index in [0.29, 0.717) is 0 Å². The Labute approximate surface area is 87.7 Å². The molecule has 0 spiro atoms. The van der Waals surface area contributed by atoms with Gasteiger partial charge in [0.1, 0.15) is 6.07 Å². The monoisotopic (exact) mass is 261 g/mol. The summed E-state index contributed by atoms with van der Waals surface area (Å²) in [7, 11) is 0. The van der Waals surface area contributed by atoms with Crippen LogP contribution >= 0.6 is 15.9 Å². The molecule has 0 radical (unpaired) electrons. The minimum absolute atomic E-state index is 0.0553. The number of rotatable bonds is 2. The van der Waals surface area contributed by atoms with E-state index in [2.05, 4.69) is 20.9 Å². The van der Waals surface area contributed by atoms with Gasteiger partial charge in [0.25, 0.3) is 6.43 Å². The van der Waals surface area contributed by atoms with Crippen molar-refractivity contribution in [1.82, 2.24) is 4.98 Å². The molecule has 1 aromatic heterocycles. The Morgan fingerprint density at radius 3 is 2.71 bits per heavy atom. The Balaban J connectivity index is 3.33. The van der Waals surface area contributed by atoms with Gasteiger partial charge in [-0.25, -0.2) is 13.8 Å². The van der Waals surface area contributed by atoms with E-state index in [1.165, 1.54) is 6.07 Å². The molecule has 0 atom stereocenters. The summed E-state index contributed by atoms with van der Waals surface area (Å²) in [6.45, 7) is -0.109. The smallest absolute Gasteiger partial charge is 0.265 e. The van der Waals surface area contributed by atoms with Crippen LogP contribution in [0.15, 0.2) is 10.5 Å². The number of hydrogen-bond donors (Lipinski definition) is 1. The predicted octanol–water partition coefficient (Wildman–Crippen LogP) is 2.11. The number of halogens is 3. The van der Waals surface area contributed by atoms with Crippen molar-refractivity contribution in [2.75, 3.05) is 0 Å². The molecule has 2 N–H and O–H groups in total. The van der Waals surface area contributed by atoms with E-state index in [0.717, 1.165) is 0 Å². The third-order valence-electron chi connectivity index (χ3n) is 1.62. The number of nitrogens with two attached hydrogens (primary N) is 1. The quantitative estimate of drug-likeness (QED) is 0.887. The van der Waals surface area contributed by atoms with Gasteiger partial charge in [-0.2, -0.15) is 5.26 Å². The summed E-state index contributed by atoms with van der Waals surface area (Å²) in [4.78, 5) is 3.72. The van der Waals surface area contributed by atoms with Crippen LogP contribution in [0, 0.1) is 11.3 Å². The predicted molar refractivity (Wildman–Crippen MR) is 49.5 cm³/mol. The Bertz CT molecular complexity index is 387. The highest BCUT2D eigenvalue weighted by molar-refractivity contribution is 9.10. The first-order valence-corrected chi connectivity index (χ1v) is 4.47. The number of hydrogen-bond acceptors (Lipinski definition) is 3. The summed E-state index contributed by atoms with van der Waals surface area (Å²) in [5.41, 5.74) is 5.12. The molecule has 0 aliphatic heterocycles. The van der Waals surface area contributed by atoms with Gasteiger partial charge < -0.3 is 5.73 Å². The maximum atomic E-state index is 12.4. The van der Waals surface area contributed by atoms with Crippen LogP contribution in [0.3, 0.4) is 0 Å². The molecule has 74 valence electrons. The van der Waals surface area contributed by atoms with Crippen molar-refractivity contribution in [3.05, 3.63) is 27.5 Å². The van der Waals surface area contributed by atoms with Gasteiger partial charge in [-0.1, -0.05) is 0 Å². The zero-order chi connectivity index (χ0) is 10.7. The van der Waals surface area contributed by atoms with E-state index < -0.39 is 6.43 Å². The third-order valence-corrected chi connectivity index (χ3v) is 2.23. The molecule has 6 heteroatoms. The Morgan fingerprint density at radius 1 is 1.64 bits per heavy atom. The lowest BCUT2D eigenvalue weighted by atomic mass is 10.2. The molecular weight excluding hydrogens is 256 g/mol. The highest BCUT2D eigenvalue weighted by atomic mass is 79.9. The van der Waals surface area contributed by atoms with E-state index in [9.17, 15) is 8.78 Å². The van der Waals surface area contributed by atoms with Gasteiger partial charge in [0.15, 0.2) is 5.69 Å². The molecular formula is C8H6BrF2N3. The van der Waals surface area contributed by atoms with E-state index in [4.69, 9.17) is 11.0 Å². The average molecular weight is 262 g/mol. The molecule has 0 aromatic carbocycles. The molecule has 0 bridgehead atoms. The van der Waals surface area contributed by atoms with Gasteiger partial charge >= 0.3 is 0 Å². The normalized spacial score (nSPS) is 10.3. The molecule has 0 saturated heterocycles. The fourth-order valence-electron chi connectivity index (χ4n) is 0.972. The molecule has 3 nitrogen and oxygen atoms in total. The summed E-state index contributed by atoms with van der Waals surface area (Å²) in [5, 5.41) is 8.60. The molecule has 0 saturated carbocycles. The van der Waals surface area contributed by atoms with Gasteiger partial charge in [0.05, 0.1) is 10.2 Å². The van der Waals surface area contributed by atoms with Crippen molar-refractivity contribution in [3.63, 3.8) is 0 Å². The largest absolute Gasteiger partial charge is 0.325 e. The lowest BCUT2D eigenvalue weighted by Gasteiger charge is -2.07. The van der Waals surface area contributed by atoms with Crippen LogP contribution in [-0.2, 0) is 6.54 Å². The minimum Gasteiger partial charge on any atom is -0.325 e. The first-order valence-electron chi connectivity index (χ1n) is 3.67. The van der Waals surface area contributed by atoms with Crippen molar-refractivity contribution in [2.45, 2.75) is 13.0 Å². The second kappa shape index (κ2) is 4.44. The second-order valence-electron chi connectivity index (χ2n) is 2.47. The number of alkyl halides is 2. The maximum Gasteiger partial charge on any atom is 0.265 e. The molecule has 0 aliphatic carbocycles. The first kappa shape index (κ1) is 11.0. The van der Waals surface area contributed by atoms with Crippen molar-refractivity contribution in [3.8, 4) is 6.07 Å². The molecule has 1 heterocycles. The van der Waals surface area contributed by atoms with Crippen molar-refractivity contribution >= 4 is 15.9 Å². The second-order valence-corrected chi connectivity index (χ2v) is 3.33. The topological polar surface area (TPSA) is 62.7 Å². The summed E-state index contributed by atoms with van der Waals surface area (Å²) >= 11 is 2.98. The summed E-state index contributed by atoms with van der Waals surface area (Å²) < 4.78 is 25.1. The zero-order valence-corrected chi connectivity index (χ0v) is 8.55. The number of nitrogens with zero attached hydrogens (tertiary/aromatic N) is 2. The number of aromatic nitrogens is 1. The van der Waals surface area contributed by atoms with Crippen molar-refractivity contribution in [1.29, 1.82) is 5.26 Å². The van der Waals surface area contributed by atoms with Gasteiger partial charge in [-0.3, -0.25) is 0 Å². The highest BCUT2D eigenvalue weighted by Crippen LogP contribution is 2.26. The van der Waals surface area contributed by atoms with Crippen LogP contribution in [0.4, 0.5) is 8.78 Å². The molecule has 1 rings (SSSR count). The molecule has 0 aliphatic rings. The summed E-state index contributed by atoms with van der Waals surface area (Å²) in [6, 6.07) is 2.96. The highest BCUT2D eigenvalue weighted by Gasteiger charge is 2.16. The fraction of sp³-hybridized carbons (Fsp3) is 0.250. The number of pyridine rings is 1. The van der Waals surface area contributed by atoms with E-state index in [1.807, 2.05) is 0 Å². The van der Waals surface area contributed by atoms with E-state index in [1.54, 1.807) is 6.07 Å². The lowest BCUT2D eigenvalue weighted by Crippen LogP contribution is -2.06. The number of nitriles is 1. The van der Waals surface area contributed by atoms with Crippen LogP contribution in [0.25, 0.3) is 0 Å². The average Bonchev–Trinajstić information content (AvgIpc) is 2.17. The summed E-state index contributed by atoms with van der Waals surface area (Å²) in [6.07, 6.45) is -2.63. The SMILES string of the molecule is N#Cc1nc(CN)c(C(F)F)cc1Br. The van der Waals surface area contributed by atoms with Crippen LogP contribution in [0.2, 0.25) is 0 Å². The van der Waals surface area contributed by atoms with E-state index in [-0.39, 0.29) is 28.0 Å². The van der Waals surface area contributed by atoms with Gasteiger partial charge in [-0.05, 0) is 22.0 Å². The minimum atomic E-state index is -2.63. The molecule has 1 aromatic rings. The summed E-state index contributed by atoms with van der Waals surface area (Å²) in [5.74, 6) is 0. The third kappa shape index (κ3) is 2.05. The lowest BCUT2D eigenvalue weighted by molar-refractivity contribution is 0.149. The standard InChI is InChI=1S/C8H6BrF2N3/c9-5-1-4(8(10)11)6(2-12)14-7(5)3-13/h1,8H,2,12H2. The van der Waals surface area contributed by atoms with Gasteiger partial charge in [-0.15, -0.1) is 0 Å². The van der Waals surface area contributed by atoms with Crippen LogP contribution < -0.4 is 5.73 Å². The van der Waals surface area contributed by atoms with Crippen LogP contribution in [0.1, 0.15) is 23.4 Å². The first-order chi connectivity index (χ1) is 6.60. The van der Waals surface area contributed by atoms with E-state index >= 15 is 0 Å². The van der Waals surface area contributed by atoms with Crippen molar-refractivity contribution in [2.24, 2.45) is 5.73 Å². The van der Waals surface area contributed by atoms with Crippen molar-refractivity contribution < 1.29 is 8.78 Å². The van der Waals surface area contributed by atoms with Crippen LogP contribution in [-0.4, -0.2) is 4.98 Å². The molecule has 0 amide bonds.